The average Bonchev–Trinajstić information content (AvgIpc) is 3.06. The van der Waals surface area contributed by atoms with E-state index in [2.05, 4.69) is 24.8 Å². The molecular formula is C30H26N6O6S2. The molecule has 4 heterocycles. The van der Waals surface area contributed by atoms with Crippen molar-refractivity contribution in [3.05, 3.63) is 106 Å². The van der Waals surface area contributed by atoms with E-state index in [-0.39, 0.29) is 22.6 Å². The zero-order valence-electron chi connectivity index (χ0n) is 24.0. The number of ether oxygens (including phenoxy) is 2. The number of benzene rings is 2. The van der Waals surface area contributed by atoms with Crippen LogP contribution in [0, 0.1) is 0 Å². The molecule has 2 aromatic carbocycles. The molecule has 0 fully saturated rings. The molecule has 14 heteroatoms. The van der Waals surface area contributed by atoms with E-state index in [9.17, 15) is 9.59 Å². The van der Waals surface area contributed by atoms with Crippen LogP contribution in [0.5, 0.6) is 23.0 Å². The van der Waals surface area contributed by atoms with Crippen molar-refractivity contribution in [2.45, 2.75) is 10.3 Å². The summed E-state index contributed by atoms with van der Waals surface area (Å²) in [4.78, 5) is 46.3. The Morgan fingerprint density at radius 1 is 0.682 bits per heavy atom. The third kappa shape index (κ3) is 7.06. The molecule has 6 aromatic rings. The Hall–Kier alpha value is -4.76. The van der Waals surface area contributed by atoms with E-state index in [1.165, 1.54) is 28.0 Å². The van der Waals surface area contributed by atoms with E-state index in [4.69, 9.17) is 13.8 Å². The summed E-state index contributed by atoms with van der Waals surface area (Å²) in [5, 5.41) is 2.42. The molecule has 0 radical (unpaired) electrons. The number of aromatic nitrogens is 6. The lowest BCUT2D eigenvalue weighted by atomic mass is 10.3. The van der Waals surface area contributed by atoms with Crippen molar-refractivity contribution in [1.82, 2.24) is 29.1 Å². The Morgan fingerprint density at radius 2 is 1.14 bits per heavy atom. The summed E-state index contributed by atoms with van der Waals surface area (Å²) >= 11 is 2.30. The summed E-state index contributed by atoms with van der Waals surface area (Å²) in [7, 11) is 4.69. The zero-order chi connectivity index (χ0) is 31.1. The Kier molecular flexibility index (Phi) is 9.86. The van der Waals surface area contributed by atoms with Crippen molar-refractivity contribution in [3.63, 3.8) is 0 Å². The van der Waals surface area contributed by atoms with Gasteiger partial charge in [0.25, 0.3) is 11.1 Å². The Bertz CT molecular complexity index is 2020. The van der Waals surface area contributed by atoms with Gasteiger partial charge in [-0.25, -0.2) is 24.8 Å². The quantitative estimate of drug-likeness (QED) is 0.0687. The monoisotopic (exact) mass is 630 g/mol. The second-order valence-corrected chi connectivity index (χ2v) is 10.4. The summed E-state index contributed by atoms with van der Waals surface area (Å²) in [6.45, 7) is 0. The van der Waals surface area contributed by atoms with Crippen molar-refractivity contribution in [2.24, 2.45) is 14.1 Å². The maximum absolute atomic E-state index is 12.4. The molecule has 0 saturated heterocycles. The van der Waals surface area contributed by atoms with Crippen LogP contribution >= 0.6 is 23.8 Å². The van der Waals surface area contributed by atoms with Gasteiger partial charge in [0.05, 0.1) is 7.11 Å². The van der Waals surface area contributed by atoms with E-state index in [1.807, 2.05) is 42.7 Å². The van der Waals surface area contributed by atoms with Crippen molar-refractivity contribution in [2.75, 3.05) is 13.4 Å². The number of fused-ring (bicyclic) bond motifs is 2. The fourth-order valence-electron chi connectivity index (χ4n) is 3.98. The highest BCUT2D eigenvalue weighted by Crippen LogP contribution is 2.24. The minimum absolute atomic E-state index is 0.211. The molecule has 0 saturated carbocycles. The van der Waals surface area contributed by atoms with Gasteiger partial charge in [-0.15, -0.1) is 0 Å². The molecule has 12 nitrogen and oxygen atoms in total. The van der Waals surface area contributed by atoms with Crippen LogP contribution in [0.3, 0.4) is 0 Å². The highest BCUT2D eigenvalue weighted by molar-refractivity contribution is 7.98. The molecule has 0 unspecified atom stereocenters. The molecule has 224 valence electrons. The van der Waals surface area contributed by atoms with Gasteiger partial charge in [0.2, 0.25) is 5.16 Å². The summed E-state index contributed by atoms with van der Waals surface area (Å²) in [6.07, 6.45) is 5.19. The number of thioether (sulfide) groups is 1. The van der Waals surface area contributed by atoms with Crippen molar-refractivity contribution in [3.8, 4) is 23.0 Å². The first-order valence-electron chi connectivity index (χ1n) is 13.0. The zero-order valence-corrected chi connectivity index (χ0v) is 25.7. The molecule has 0 N–H and O–H groups in total. The first-order chi connectivity index (χ1) is 21.4. The van der Waals surface area contributed by atoms with Gasteiger partial charge >= 0.3 is 0 Å². The van der Waals surface area contributed by atoms with Gasteiger partial charge in [-0.1, -0.05) is 48.2 Å². The van der Waals surface area contributed by atoms with E-state index >= 15 is 0 Å². The van der Waals surface area contributed by atoms with Crippen molar-refractivity contribution < 1.29 is 18.7 Å². The minimum atomic E-state index is -0.288. The lowest BCUT2D eigenvalue weighted by Crippen LogP contribution is -2.19. The van der Waals surface area contributed by atoms with Crippen molar-refractivity contribution >= 4 is 45.9 Å². The lowest BCUT2D eigenvalue weighted by molar-refractivity contribution is -0.160. The molecule has 6 rings (SSSR count). The van der Waals surface area contributed by atoms with Crippen LogP contribution in [0.25, 0.3) is 22.1 Å². The Morgan fingerprint density at radius 3 is 1.59 bits per heavy atom. The number of aryl methyl sites for hydroxylation is 2. The van der Waals surface area contributed by atoms with Crippen molar-refractivity contribution in [1.29, 1.82) is 0 Å². The number of rotatable bonds is 8. The maximum atomic E-state index is 12.4. The van der Waals surface area contributed by atoms with Crippen LogP contribution in [0.2, 0.25) is 0 Å². The van der Waals surface area contributed by atoms with E-state index in [0.29, 0.717) is 38.5 Å². The molecule has 0 amide bonds. The highest BCUT2D eigenvalue weighted by Gasteiger charge is 2.13. The second kappa shape index (κ2) is 14.1. The largest absolute Gasteiger partial charge is 0.452 e. The fourth-order valence-corrected chi connectivity index (χ4v) is 4.67. The van der Waals surface area contributed by atoms with Crippen LogP contribution in [0.15, 0.2) is 105 Å². The summed E-state index contributed by atoms with van der Waals surface area (Å²) in [5.41, 5.74) is 0.563. The van der Waals surface area contributed by atoms with Crippen LogP contribution in [-0.2, 0) is 23.3 Å². The van der Waals surface area contributed by atoms with Crippen LogP contribution in [0.1, 0.15) is 0 Å². The molecule has 44 heavy (non-hydrogen) atoms. The minimum Gasteiger partial charge on any atom is -0.452 e. The third-order valence-electron chi connectivity index (χ3n) is 6.09. The smallest absolute Gasteiger partial charge is 0.294 e. The first kappa shape index (κ1) is 30.7. The molecular weight excluding hydrogens is 605 g/mol. The van der Waals surface area contributed by atoms with Gasteiger partial charge in [0.1, 0.15) is 34.8 Å². The number of para-hydroxylation sites is 2. The van der Waals surface area contributed by atoms with Crippen LogP contribution < -0.4 is 20.6 Å². The van der Waals surface area contributed by atoms with Gasteiger partial charge in [0, 0.05) is 37.3 Å². The van der Waals surface area contributed by atoms with Crippen LogP contribution in [-0.4, -0.2) is 42.4 Å². The first-order valence-corrected chi connectivity index (χ1v) is 14.9. The topological polar surface area (TPSA) is 132 Å². The van der Waals surface area contributed by atoms with Gasteiger partial charge in [-0.3, -0.25) is 18.7 Å². The molecule has 0 atom stereocenters. The summed E-state index contributed by atoms with van der Waals surface area (Å²) in [5.74, 6) is 1.68. The number of nitrogens with zero attached hydrogens (tertiary/aromatic N) is 6. The molecule has 0 bridgehead atoms. The highest BCUT2D eigenvalue weighted by atomic mass is 32.2. The molecule has 0 aliphatic rings. The number of hydrogen-bond donors (Lipinski definition) is 0. The fraction of sp³-hybridized carbons (Fsp3) is 0.133. The third-order valence-corrected chi connectivity index (χ3v) is 7.20. The number of pyridine rings is 2. The van der Waals surface area contributed by atoms with Crippen LogP contribution in [0.4, 0.5) is 0 Å². The van der Waals surface area contributed by atoms with Gasteiger partial charge in [-0.05, 0) is 42.7 Å². The Balaban J connectivity index is 0.000000175. The maximum Gasteiger partial charge on any atom is 0.294 e. The normalized spacial score (nSPS) is 10.8. The lowest BCUT2D eigenvalue weighted by Gasteiger charge is -2.09. The second-order valence-electron chi connectivity index (χ2n) is 8.96. The Labute approximate surface area is 259 Å². The molecule has 0 aliphatic carbocycles. The average molecular weight is 631 g/mol. The predicted molar refractivity (Wildman–Crippen MR) is 168 cm³/mol. The molecule has 0 aliphatic heterocycles. The standard InChI is InChI=1S/C15H13N3O4S.C15H13N3O2S/c1-18-13-10(9-16-15(17-13)23-22-20-2)8-12(14(18)19)21-11-6-4-3-5-7-11;1-18-13-10(9-16-15(17-13)21-2)8-12(14(18)19)20-11-6-4-3-5-7-11/h3-9H,1-2H3;3-9H,1-2H3. The molecule has 4 aromatic heterocycles. The predicted octanol–water partition coefficient (Wildman–Crippen LogP) is 5.55. The van der Waals surface area contributed by atoms with E-state index in [0.717, 1.165) is 17.4 Å². The molecule has 0 spiro atoms. The van der Waals surface area contributed by atoms with Gasteiger partial charge in [0.15, 0.2) is 16.7 Å². The SMILES string of the molecule is COOSc1ncc2cc(Oc3ccccc3)c(=O)n(C)c2n1.CSc1ncc2cc(Oc3ccccc3)c(=O)n(C)c2n1. The van der Waals surface area contributed by atoms with E-state index < -0.39 is 0 Å². The summed E-state index contributed by atoms with van der Waals surface area (Å²) in [6, 6.07) is 21.6. The van der Waals surface area contributed by atoms with E-state index in [1.54, 1.807) is 62.9 Å². The van der Waals surface area contributed by atoms with Gasteiger partial charge < -0.3 is 9.47 Å². The number of hydrogen-bond acceptors (Lipinski definition) is 12. The summed E-state index contributed by atoms with van der Waals surface area (Å²) < 4.78 is 18.9. The van der Waals surface area contributed by atoms with Gasteiger partial charge in [-0.2, -0.15) is 4.33 Å².